The summed E-state index contributed by atoms with van der Waals surface area (Å²) in [5.41, 5.74) is 1.07. The highest BCUT2D eigenvalue weighted by atomic mass is 16.5. The summed E-state index contributed by atoms with van der Waals surface area (Å²) in [6.45, 7) is 2.74. The fourth-order valence-electron chi connectivity index (χ4n) is 2.81. The highest BCUT2D eigenvalue weighted by Gasteiger charge is 2.39. The van der Waals surface area contributed by atoms with Crippen molar-refractivity contribution in [2.75, 3.05) is 11.5 Å². The summed E-state index contributed by atoms with van der Waals surface area (Å²) in [6.07, 6.45) is 4.92. The van der Waals surface area contributed by atoms with Crippen LogP contribution in [-0.2, 0) is 11.2 Å². The Morgan fingerprint density at radius 3 is 2.95 bits per heavy atom. The molecular formula is C15H20N2O3. The highest BCUT2D eigenvalue weighted by Crippen LogP contribution is 2.35. The minimum atomic E-state index is -0.273. The predicted molar refractivity (Wildman–Crippen MR) is 74.9 cm³/mol. The molecule has 5 heteroatoms. The van der Waals surface area contributed by atoms with E-state index in [9.17, 15) is 9.90 Å². The first kappa shape index (κ1) is 13.4. The Morgan fingerprint density at radius 2 is 2.25 bits per heavy atom. The van der Waals surface area contributed by atoms with Gasteiger partial charge in [-0.2, -0.15) is 0 Å². The average Bonchev–Trinajstić information content (AvgIpc) is 2.42. The molecule has 108 valence electrons. The summed E-state index contributed by atoms with van der Waals surface area (Å²) < 4.78 is 5.60. The minimum absolute atomic E-state index is 0.103. The number of fused-ring (bicyclic) bond motifs is 1. The van der Waals surface area contributed by atoms with Gasteiger partial charge >= 0.3 is 0 Å². The molecule has 1 aliphatic heterocycles. The van der Waals surface area contributed by atoms with Crippen LogP contribution in [0, 0.1) is 0 Å². The Morgan fingerprint density at radius 1 is 1.45 bits per heavy atom. The second-order valence-electron chi connectivity index (χ2n) is 5.55. The Balaban J connectivity index is 1.83. The zero-order valence-corrected chi connectivity index (χ0v) is 11.7. The maximum absolute atomic E-state index is 12.1. The first-order chi connectivity index (χ1) is 9.69. The molecule has 1 fully saturated rings. The molecule has 0 saturated heterocycles. The number of carbonyl (C=O) groups is 1. The number of pyridine rings is 1. The number of aliphatic hydroxyl groups excluding tert-OH is 1. The Kier molecular flexibility index (Phi) is 3.61. The number of rotatable bonds is 4. The van der Waals surface area contributed by atoms with Crippen LogP contribution in [-0.4, -0.2) is 34.8 Å². The number of anilines is 1. The summed E-state index contributed by atoms with van der Waals surface area (Å²) in [5.74, 6) is 1.64. The van der Waals surface area contributed by atoms with Gasteiger partial charge in [0.2, 0.25) is 5.91 Å². The molecule has 0 bridgehead atoms. The molecule has 1 aromatic rings. The zero-order valence-electron chi connectivity index (χ0n) is 11.7. The second kappa shape index (κ2) is 5.40. The molecule has 1 saturated carbocycles. The lowest BCUT2D eigenvalue weighted by Gasteiger charge is -2.42. The molecule has 5 nitrogen and oxygen atoms in total. The van der Waals surface area contributed by atoms with Gasteiger partial charge in [0, 0.05) is 12.5 Å². The molecule has 1 aliphatic carbocycles. The van der Waals surface area contributed by atoms with Crippen molar-refractivity contribution >= 4 is 11.7 Å². The number of carbonyl (C=O) groups excluding carboxylic acids is 1. The van der Waals surface area contributed by atoms with Gasteiger partial charge in [-0.3, -0.25) is 9.69 Å². The van der Waals surface area contributed by atoms with Gasteiger partial charge in [-0.25, -0.2) is 4.98 Å². The molecule has 3 rings (SSSR count). The molecule has 1 amide bonds. The van der Waals surface area contributed by atoms with Crippen LogP contribution >= 0.6 is 0 Å². The van der Waals surface area contributed by atoms with Gasteiger partial charge in [0.1, 0.15) is 11.6 Å². The fourth-order valence-corrected chi connectivity index (χ4v) is 2.81. The van der Waals surface area contributed by atoms with E-state index in [0.29, 0.717) is 25.9 Å². The Hall–Kier alpha value is -1.62. The summed E-state index contributed by atoms with van der Waals surface area (Å²) in [4.78, 5) is 18.3. The van der Waals surface area contributed by atoms with Gasteiger partial charge in [0.25, 0.3) is 0 Å². The lowest BCUT2D eigenvalue weighted by molar-refractivity contribution is -0.120. The third kappa shape index (κ3) is 2.38. The van der Waals surface area contributed by atoms with E-state index in [4.69, 9.17) is 4.74 Å². The smallest absolute Gasteiger partial charge is 0.228 e. The van der Waals surface area contributed by atoms with E-state index < -0.39 is 0 Å². The normalized spacial score (nSPS) is 25.1. The molecule has 1 aromatic heterocycles. The Bertz CT molecular complexity index is 512. The monoisotopic (exact) mass is 276 g/mol. The van der Waals surface area contributed by atoms with E-state index >= 15 is 0 Å². The number of nitrogens with zero attached hydrogens (tertiary/aromatic N) is 2. The quantitative estimate of drug-likeness (QED) is 0.908. The predicted octanol–water partition coefficient (Wildman–Crippen LogP) is 1.67. The van der Waals surface area contributed by atoms with Crippen molar-refractivity contribution in [2.45, 2.75) is 51.2 Å². The first-order valence-corrected chi connectivity index (χ1v) is 7.31. The molecule has 0 unspecified atom stereocenters. The maximum atomic E-state index is 12.1. The van der Waals surface area contributed by atoms with Crippen molar-refractivity contribution in [3.63, 3.8) is 0 Å². The van der Waals surface area contributed by atoms with Crippen molar-refractivity contribution in [2.24, 2.45) is 0 Å². The number of hydrogen-bond acceptors (Lipinski definition) is 4. The number of ether oxygens (including phenoxy) is 1. The second-order valence-corrected chi connectivity index (χ2v) is 5.55. The summed E-state index contributed by atoms with van der Waals surface area (Å²) in [7, 11) is 0. The van der Waals surface area contributed by atoms with Crippen LogP contribution in [0.2, 0.25) is 0 Å². The summed E-state index contributed by atoms with van der Waals surface area (Å²) in [5, 5.41) is 9.45. The van der Waals surface area contributed by atoms with Gasteiger partial charge < -0.3 is 9.84 Å². The third-order valence-corrected chi connectivity index (χ3v) is 3.95. The number of aryl methyl sites for hydroxylation is 1. The van der Waals surface area contributed by atoms with Crippen molar-refractivity contribution < 1.29 is 14.6 Å². The maximum Gasteiger partial charge on any atom is 0.228 e. The molecular weight excluding hydrogens is 256 g/mol. The van der Waals surface area contributed by atoms with Gasteiger partial charge in [-0.1, -0.05) is 6.92 Å². The van der Waals surface area contributed by atoms with Crippen molar-refractivity contribution in [3.05, 3.63) is 17.8 Å². The van der Waals surface area contributed by atoms with E-state index in [1.807, 2.05) is 6.07 Å². The zero-order chi connectivity index (χ0) is 14.1. The van der Waals surface area contributed by atoms with E-state index in [1.165, 1.54) is 0 Å². The molecule has 1 N–H and O–H groups in total. The van der Waals surface area contributed by atoms with Gasteiger partial charge in [0.15, 0.2) is 0 Å². The van der Waals surface area contributed by atoms with E-state index in [2.05, 4.69) is 11.9 Å². The highest BCUT2D eigenvalue weighted by molar-refractivity contribution is 5.96. The molecule has 2 heterocycles. The Labute approximate surface area is 118 Å². The van der Waals surface area contributed by atoms with Crippen molar-refractivity contribution in [1.29, 1.82) is 0 Å². The van der Waals surface area contributed by atoms with Crippen LogP contribution in [0.3, 0.4) is 0 Å². The molecule has 20 heavy (non-hydrogen) atoms. The fraction of sp³-hybridized carbons (Fsp3) is 0.600. The molecule has 0 spiro atoms. The topological polar surface area (TPSA) is 62.7 Å². The van der Waals surface area contributed by atoms with Crippen molar-refractivity contribution in [1.82, 2.24) is 4.98 Å². The minimum Gasteiger partial charge on any atom is -0.492 e. The van der Waals surface area contributed by atoms with E-state index in [1.54, 1.807) is 11.1 Å². The summed E-state index contributed by atoms with van der Waals surface area (Å²) in [6, 6.07) is 2.10. The summed E-state index contributed by atoms with van der Waals surface area (Å²) >= 11 is 0. The molecule has 2 aliphatic rings. The average molecular weight is 276 g/mol. The lowest BCUT2D eigenvalue weighted by atomic mass is 9.86. The van der Waals surface area contributed by atoms with Gasteiger partial charge in [0.05, 0.1) is 18.9 Å². The SMILES string of the molecule is CCCOc1cnc2c(c1)CCC(=O)N2C1CC(O)C1. The number of aromatic nitrogens is 1. The van der Waals surface area contributed by atoms with Crippen LogP contribution in [0.4, 0.5) is 5.82 Å². The van der Waals surface area contributed by atoms with Crippen LogP contribution in [0.15, 0.2) is 12.3 Å². The van der Waals surface area contributed by atoms with Crippen molar-refractivity contribution in [3.8, 4) is 5.75 Å². The van der Waals surface area contributed by atoms with Crippen LogP contribution < -0.4 is 9.64 Å². The van der Waals surface area contributed by atoms with Crippen LogP contribution in [0.25, 0.3) is 0 Å². The number of hydrogen-bond donors (Lipinski definition) is 1. The van der Waals surface area contributed by atoms with E-state index in [0.717, 1.165) is 30.0 Å². The van der Waals surface area contributed by atoms with Crippen LogP contribution in [0.5, 0.6) is 5.75 Å². The molecule has 0 radical (unpaired) electrons. The number of aliphatic hydroxyl groups is 1. The number of amides is 1. The molecule has 0 atom stereocenters. The molecule has 0 aromatic carbocycles. The van der Waals surface area contributed by atoms with E-state index in [-0.39, 0.29) is 18.1 Å². The third-order valence-electron chi connectivity index (χ3n) is 3.95. The van der Waals surface area contributed by atoms with Gasteiger partial charge in [-0.15, -0.1) is 0 Å². The first-order valence-electron chi connectivity index (χ1n) is 7.31. The lowest BCUT2D eigenvalue weighted by Crippen LogP contribution is -2.52. The largest absolute Gasteiger partial charge is 0.492 e. The standard InChI is InChI=1S/C15H20N2O3/c1-2-5-20-13-6-10-3-4-14(19)17(15(10)16-9-13)11-7-12(18)8-11/h6,9,11-12,18H,2-5,7-8H2,1H3. The van der Waals surface area contributed by atoms with Crippen LogP contribution in [0.1, 0.15) is 38.2 Å². The van der Waals surface area contributed by atoms with Gasteiger partial charge in [-0.05, 0) is 37.3 Å².